The van der Waals surface area contributed by atoms with Crippen molar-refractivity contribution < 1.29 is 9.84 Å². The van der Waals surface area contributed by atoms with Gasteiger partial charge in [-0.25, -0.2) is 0 Å². The highest BCUT2D eigenvalue weighted by Gasteiger charge is 2.35. The molecule has 17 heavy (non-hydrogen) atoms. The minimum Gasteiger partial charge on any atom is -0.503 e. The lowest BCUT2D eigenvalue weighted by Gasteiger charge is -2.28. The molecule has 0 heterocycles. The molecule has 1 saturated carbocycles. The SMILES string of the molecule is COc1cc(C)c(C2(N)CCCC2)c(Cl)c1O. The first kappa shape index (κ1) is 12.5. The van der Waals surface area contributed by atoms with Crippen LogP contribution in [0, 0.1) is 6.92 Å². The number of hydrogen-bond acceptors (Lipinski definition) is 3. The van der Waals surface area contributed by atoms with Crippen LogP contribution in [0.3, 0.4) is 0 Å². The summed E-state index contributed by atoms with van der Waals surface area (Å²) in [7, 11) is 1.51. The second-order valence-electron chi connectivity index (χ2n) is 4.80. The van der Waals surface area contributed by atoms with Gasteiger partial charge in [0.05, 0.1) is 12.1 Å². The molecule has 4 heteroatoms. The Bertz CT molecular complexity index is 440. The zero-order chi connectivity index (χ0) is 12.6. The van der Waals surface area contributed by atoms with Crippen LogP contribution in [0.2, 0.25) is 5.02 Å². The van der Waals surface area contributed by atoms with E-state index >= 15 is 0 Å². The Morgan fingerprint density at radius 2 is 2.00 bits per heavy atom. The summed E-state index contributed by atoms with van der Waals surface area (Å²) in [6.45, 7) is 1.95. The zero-order valence-corrected chi connectivity index (χ0v) is 11.0. The summed E-state index contributed by atoms with van der Waals surface area (Å²) in [5, 5.41) is 10.3. The first-order valence-electron chi connectivity index (χ1n) is 5.85. The van der Waals surface area contributed by atoms with Gasteiger partial charge in [-0.3, -0.25) is 0 Å². The Kier molecular flexibility index (Phi) is 3.23. The third-order valence-corrected chi connectivity index (χ3v) is 3.98. The van der Waals surface area contributed by atoms with Gasteiger partial charge in [-0.1, -0.05) is 24.4 Å². The Morgan fingerprint density at radius 3 is 2.53 bits per heavy atom. The summed E-state index contributed by atoms with van der Waals surface area (Å²) in [5.41, 5.74) is 7.86. The van der Waals surface area contributed by atoms with Crippen molar-refractivity contribution in [1.82, 2.24) is 0 Å². The number of nitrogens with two attached hydrogens (primary N) is 1. The molecule has 1 fully saturated rings. The quantitative estimate of drug-likeness (QED) is 0.854. The van der Waals surface area contributed by atoms with Crippen molar-refractivity contribution in [3.8, 4) is 11.5 Å². The van der Waals surface area contributed by atoms with Crippen LogP contribution in [0.5, 0.6) is 11.5 Å². The molecule has 0 saturated heterocycles. The Labute approximate surface area is 107 Å². The van der Waals surface area contributed by atoms with Crippen molar-refractivity contribution >= 4 is 11.6 Å². The molecule has 1 aromatic rings. The van der Waals surface area contributed by atoms with Gasteiger partial charge in [-0.15, -0.1) is 0 Å². The third kappa shape index (κ3) is 1.98. The number of aromatic hydroxyl groups is 1. The highest BCUT2D eigenvalue weighted by atomic mass is 35.5. The fourth-order valence-corrected chi connectivity index (χ4v) is 3.19. The van der Waals surface area contributed by atoms with Gasteiger partial charge in [-0.2, -0.15) is 0 Å². The molecule has 0 atom stereocenters. The van der Waals surface area contributed by atoms with Crippen molar-refractivity contribution in [2.75, 3.05) is 7.11 Å². The molecular formula is C13H18ClNO2. The zero-order valence-electron chi connectivity index (χ0n) is 10.2. The molecule has 0 radical (unpaired) electrons. The molecule has 1 aliphatic carbocycles. The van der Waals surface area contributed by atoms with Gasteiger partial charge in [0.1, 0.15) is 0 Å². The average molecular weight is 256 g/mol. The van der Waals surface area contributed by atoms with Gasteiger partial charge >= 0.3 is 0 Å². The van der Waals surface area contributed by atoms with Gasteiger partial charge in [0, 0.05) is 5.54 Å². The number of methoxy groups -OCH3 is 1. The highest BCUT2D eigenvalue weighted by Crippen LogP contribution is 2.47. The molecule has 94 valence electrons. The molecule has 3 N–H and O–H groups in total. The van der Waals surface area contributed by atoms with Crippen LogP contribution in [0.25, 0.3) is 0 Å². The maximum absolute atomic E-state index is 9.97. The van der Waals surface area contributed by atoms with Crippen molar-refractivity contribution in [2.24, 2.45) is 5.73 Å². The highest BCUT2D eigenvalue weighted by molar-refractivity contribution is 6.33. The number of hydrogen-bond donors (Lipinski definition) is 2. The number of ether oxygens (including phenoxy) is 1. The van der Waals surface area contributed by atoms with Crippen LogP contribution in [0.1, 0.15) is 36.8 Å². The number of phenolic OH excluding ortho intramolecular Hbond substituents is 1. The number of aryl methyl sites for hydroxylation is 1. The van der Waals surface area contributed by atoms with Crippen LogP contribution >= 0.6 is 11.6 Å². The van der Waals surface area contributed by atoms with E-state index in [0.717, 1.165) is 36.8 Å². The first-order valence-corrected chi connectivity index (χ1v) is 6.23. The fourth-order valence-electron chi connectivity index (χ4n) is 2.76. The summed E-state index contributed by atoms with van der Waals surface area (Å²) < 4.78 is 5.08. The Hall–Kier alpha value is -0.930. The van der Waals surface area contributed by atoms with E-state index in [9.17, 15) is 5.11 Å². The number of benzene rings is 1. The molecule has 0 aliphatic heterocycles. The molecule has 0 amide bonds. The lowest BCUT2D eigenvalue weighted by molar-refractivity contribution is 0.370. The molecule has 0 bridgehead atoms. The molecule has 3 nitrogen and oxygen atoms in total. The van der Waals surface area contributed by atoms with E-state index < -0.39 is 5.54 Å². The largest absolute Gasteiger partial charge is 0.503 e. The van der Waals surface area contributed by atoms with Crippen LogP contribution in [-0.4, -0.2) is 12.2 Å². The summed E-state index contributed by atoms with van der Waals surface area (Å²) >= 11 is 6.24. The van der Waals surface area contributed by atoms with Crippen LogP contribution in [0.15, 0.2) is 6.07 Å². The standard InChI is InChI=1S/C13H18ClNO2/c1-8-7-9(17-2)12(16)11(14)10(8)13(15)5-3-4-6-13/h7,16H,3-6,15H2,1-2H3. The van der Waals surface area contributed by atoms with Crippen molar-refractivity contribution in [1.29, 1.82) is 0 Å². The van der Waals surface area contributed by atoms with Gasteiger partial charge in [-0.05, 0) is 37.0 Å². The fraction of sp³-hybridized carbons (Fsp3) is 0.538. The van der Waals surface area contributed by atoms with E-state index in [4.69, 9.17) is 22.1 Å². The Balaban J connectivity index is 2.58. The Morgan fingerprint density at radius 1 is 1.41 bits per heavy atom. The van der Waals surface area contributed by atoms with Gasteiger partial charge in [0.25, 0.3) is 0 Å². The van der Waals surface area contributed by atoms with Crippen LogP contribution < -0.4 is 10.5 Å². The lowest BCUT2D eigenvalue weighted by Crippen LogP contribution is -2.34. The van der Waals surface area contributed by atoms with Gasteiger partial charge < -0.3 is 15.6 Å². The van der Waals surface area contributed by atoms with Crippen molar-refractivity contribution in [3.05, 3.63) is 22.2 Å². The summed E-state index contributed by atoms with van der Waals surface area (Å²) in [4.78, 5) is 0. The van der Waals surface area contributed by atoms with E-state index in [0.29, 0.717) is 10.8 Å². The summed E-state index contributed by atoms with van der Waals surface area (Å²) in [6.07, 6.45) is 4.05. The van der Waals surface area contributed by atoms with E-state index in [-0.39, 0.29) is 5.75 Å². The third-order valence-electron chi connectivity index (χ3n) is 3.62. The molecule has 0 aromatic heterocycles. The molecule has 0 spiro atoms. The van der Waals surface area contributed by atoms with E-state index in [1.165, 1.54) is 7.11 Å². The predicted octanol–water partition coefficient (Wildman–Crippen LogP) is 3.09. The van der Waals surface area contributed by atoms with E-state index in [1.54, 1.807) is 6.07 Å². The number of rotatable bonds is 2. The molecule has 0 unspecified atom stereocenters. The van der Waals surface area contributed by atoms with Crippen molar-refractivity contribution in [2.45, 2.75) is 38.1 Å². The number of phenols is 1. The normalized spacial score (nSPS) is 18.4. The van der Waals surface area contributed by atoms with Gasteiger partial charge in [0.2, 0.25) is 0 Å². The van der Waals surface area contributed by atoms with E-state index in [2.05, 4.69) is 0 Å². The predicted molar refractivity (Wildman–Crippen MR) is 68.7 cm³/mol. The first-order chi connectivity index (χ1) is 7.99. The minimum atomic E-state index is -0.398. The number of halogens is 1. The molecule has 1 aromatic carbocycles. The lowest BCUT2D eigenvalue weighted by atomic mass is 9.86. The average Bonchev–Trinajstić information content (AvgIpc) is 2.71. The minimum absolute atomic E-state index is 0.00788. The van der Waals surface area contributed by atoms with Gasteiger partial charge in [0.15, 0.2) is 11.5 Å². The molecular weight excluding hydrogens is 238 g/mol. The van der Waals surface area contributed by atoms with E-state index in [1.807, 2.05) is 6.92 Å². The monoisotopic (exact) mass is 255 g/mol. The molecule has 1 aliphatic rings. The van der Waals surface area contributed by atoms with Crippen LogP contribution in [-0.2, 0) is 5.54 Å². The second-order valence-corrected chi connectivity index (χ2v) is 5.17. The summed E-state index contributed by atoms with van der Waals surface area (Å²) in [6, 6.07) is 1.80. The maximum Gasteiger partial charge on any atom is 0.177 e. The van der Waals surface area contributed by atoms with Crippen LogP contribution in [0.4, 0.5) is 0 Å². The molecule has 2 rings (SSSR count). The smallest absolute Gasteiger partial charge is 0.177 e. The second kappa shape index (κ2) is 4.39. The summed E-state index contributed by atoms with van der Waals surface area (Å²) in [5.74, 6) is 0.393. The van der Waals surface area contributed by atoms with Crippen molar-refractivity contribution in [3.63, 3.8) is 0 Å². The topological polar surface area (TPSA) is 55.5 Å². The maximum atomic E-state index is 9.97.